The number of benzene rings is 1. The van der Waals surface area contributed by atoms with Crippen LogP contribution in [0, 0.1) is 19.8 Å². The maximum atomic E-state index is 12.5. The summed E-state index contributed by atoms with van der Waals surface area (Å²) in [5.41, 5.74) is 9.74. The molecule has 0 saturated carbocycles. The van der Waals surface area contributed by atoms with Gasteiger partial charge < -0.3 is 11.1 Å². The topological polar surface area (TPSA) is 85.8 Å². The number of rotatable bonds is 5. The van der Waals surface area contributed by atoms with Crippen LogP contribution in [0.25, 0.3) is 5.82 Å². The van der Waals surface area contributed by atoms with Crippen molar-refractivity contribution in [2.24, 2.45) is 11.7 Å². The second-order valence-electron chi connectivity index (χ2n) is 6.46. The van der Waals surface area contributed by atoms with Crippen molar-refractivity contribution < 1.29 is 4.79 Å². The normalized spacial score (nSPS) is 13.2. The average molecular weight is 349 g/mol. The average Bonchev–Trinajstić information content (AvgIpc) is 3.00. The lowest BCUT2D eigenvalue weighted by Gasteiger charge is -2.19. The van der Waals surface area contributed by atoms with Crippen molar-refractivity contribution in [3.05, 3.63) is 71.7 Å². The molecule has 3 rings (SSSR count). The maximum absolute atomic E-state index is 12.5. The van der Waals surface area contributed by atoms with Crippen LogP contribution in [0.3, 0.4) is 0 Å². The molecule has 2 atom stereocenters. The van der Waals surface area contributed by atoms with Gasteiger partial charge in [0.2, 0.25) is 5.91 Å². The minimum atomic E-state index is -0.368. The highest BCUT2D eigenvalue weighted by atomic mass is 16.1. The Labute approximate surface area is 153 Å². The first-order valence-electron chi connectivity index (χ1n) is 8.57. The highest BCUT2D eigenvalue weighted by Crippen LogP contribution is 2.21. The third kappa shape index (κ3) is 3.81. The van der Waals surface area contributed by atoms with Crippen LogP contribution in [-0.2, 0) is 4.79 Å². The number of amides is 1. The molecule has 134 valence electrons. The summed E-state index contributed by atoms with van der Waals surface area (Å²) in [6, 6.07) is 14.9. The molecule has 3 aromatic rings. The Morgan fingerprint density at radius 1 is 1.15 bits per heavy atom. The van der Waals surface area contributed by atoms with Crippen molar-refractivity contribution in [1.29, 1.82) is 0 Å². The van der Waals surface area contributed by atoms with E-state index < -0.39 is 0 Å². The minimum Gasteiger partial charge on any atom is -0.324 e. The lowest BCUT2D eigenvalue weighted by molar-refractivity contribution is -0.120. The number of aromatic nitrogens is 3. The Morgan fingerprint density at radius 3 is 2.46 bits per heavy atom. The molecule has 1 aromatic carbocycles. The minimum absolute atomic E-state index is 0.137. The second kappa shape index (κ2) is 7.49. The number of carbonyl (C=O) groups excluding carboxylic acids is 1. The predicted octanol–water partition coefficient (Wildman–Crippen LogP) is 3.16. The van der Waals surface area contributed by atoms with Crippen molar-refractivity contribution in [1.82, 2.24) is 14.8 Å². The van der Waals surface area contributed by atoms with Crippen LogP contribution in [-0.4, -0.2) is 20.7 Å². The molecule has 0 bridgehead atoms. The van der Waals surface area contributed by atoms with Gasteiger partial charge in [-0.25, -0.2) is 9.67 Å². The molecule has 0 spiro atoms. The van der Waals surface area contributed by atoms with Gasteiger partial charge in [-0.2, -0.15) is 5.10 Å². The van der Waals surface area contributed by atoms with Crippen LogP contribution in [0.5, 0.6) is 0 Å². The van der Waals surface area contributed by atoms with Gasteiger partial charge in [0, 0.05) is 11.7 Å². The molecule has 0 aliphatic heterocycles. The van der Waals surface area contributed by atoms with E-state index >= 15 is 0 Å². The molecule has 2 unspecified atom stereocenters. The summed E-state index contributed by atoms with van der Waals surface area (Å²) < 4.78 is 1.77. The smallest absolute Gasteiger partial charge is 0.229 e. The van der Waals surface area contributed by atoms with Crippen molar-refractivity contribution >= 4 is 11.6 Å². The Morgan fingerprint density at radius 2 is 1.88 bits per heavy atom. The molecular formula is C20H23N5O. The van der Waals surface area contributed by atoms with Crippen molar-refractivity contribution in [3.63, 3.8) is 0 Å². The van der Waals surface area contributed by atoms with E-state index in [1.54, 1.807) is 10.9 Å². The van der Waals surface area contributed by atoms with Crippen LogP contribution >= 0.6 is 0 Å². The third-order valence-corrected chi connectivity index (χ3v) is 4.38. The van der Waals surface area contributed by atoms with Gasteiger partial charge in [0.05, 0.1) is 23.5 Å². The molecule has 26 heavy (non-hydrogen) atoms. The van der Waals surface area contributed by atoms with Crippen LogP contribution in [0.15, 0.2) is 54.7 Å². The van der Waals surface area contributed by atoms with E-state index in [-0.39, 0.29) is 17.9 Å². The van der Waals surface area contributed by atoms with E-state index in [4.69, 9.17) is 5.73 Å². The first-order valence-corrected chi connectivity index (χ1v) is 8.57. The number of hydrogen-bond donors (Lipinski definition) is 2. The Hall–Kier alpha value is -2.99. The van der Waals surface area contributed by atoms with Crippen LogP contribution < -0.4 is 11.1 Å². The lowest BCUT2D eigenvalue weighted by atomic mass is 9.94. The van der Waals surface area contributed by atoms with E-state index in [2.05, 4.69) is 15.4 Å². The second-order valence-corrected chi connectivity index (χ2v) is 6.46. The summed E-state index contributed by atoms with van der Waals surface area (Å²) in [5, 5.41) is 7.29. The standard InChI is InChI=1S/C20H23N5O/c1-13-11-14(2)25(24-13)18-10-9-17(12-22-18)23-20(26)15(3)19(21)16-7-5-4-6-8-16/h4-12,15,19H,21H2,1-3H3,(H,23,26). The summed E-state index contributed by atoms with van der Waals surface area (Å²) in [6.07, 6.45) is 1.63. The van der Waals surface area contributed by atoms with E-state index in [1.165, 1.54) is 0 Å². The molecule has 2 aromatic heterocycles. The molecular weight excluding hydrogens is 326 g/mol. The zero-order valence-electron chi connectivity index (χ0n) is 15.2. The number of anilines is 1. The number of hydrogen-bond acceptors (Lipinski definition) is 4. The van der Waals surface area contributed by atoms with E-state index in [1.807, 2.05) is 69.3 Å². The monoisotopic (exact) mass is 349 g/mol. The zero-order chi connectivity index (χ0) is 18.7. The third-order valence-electron chi connectivity index (χ3n) is 4.38. The summed E-state index contributed by atoms with van der Waals surface area (Å²) in [7, 11) is 0. The molecule has 0 fully saturated rings. The summed E-state index contributed by atoms with van der Waals surface area (Å²) in [5.74, 6) is 0.206. The highest BCUT2D eigenvalue weighted by molar-refractivity contribution is 5.92. The van der Waals surface area contributed by atoms with Crippen molar-refractivity contribution in [2.75, 3.05) is 5.32 Å². The van der Waals surface area contributed by atoms with E-state index in [0.29, 0.717) is 11.5 Å². The number of aryl methyl sites for hydroxylation is 2. The Bertz CT molecular complexity index is 886. The zero-order valence-corrected chi connectivity index (χ0v) is 15.2. The number of pyridine rings is 1. The van der Waals surface area contributed by atoms with Gasteiger partial charge >= 0.3 is 0 Å². The fourth-order valence-electron chi connectivity index (χ4n) is 2.83. The number of nitrogens with two attached hydrogens (primary N) is 1. The molecule has 0 radical (unpaired) electrons. The van der Waals surface area contributed by atoms with Crippen molar-refractivity contribution in [2.45, 2.75) is 26.8 Å². The molecule has 2 heterocycles. The molecule has 6 heteroatoms. The van der Waals surface area contributed by atoms with Gasteiger partial charge in [0.1, 0.15) is 0 Å². The molecule has 0 aliphatic carbocycles. The van der Waals surface area contributed by atoms with Crippen LogP contribution in [0.2, 0.25) is 0 Å². The quantitative estimate of drug-likeness (QED) is 0.741. The number of carbonyl (C=O) groups is 1. The van der Waals surface area contributed by atoms with E-state index in [9.17, 15) is 4.79 Å². The fourth-order valence-corrected chi connectivity index (χ4v) is 2.83. The number of nitrogens with zero attached hydrogens (tertiary/aromatic N) is 3. The number of nitrogens with one attached hydrogen (secondary N) is 1. The molecule has 1 amide bonds. The highest BCUT2D eigenvalue weighted by Gasteiger charge is 2.22. The van der Waals surface area contributed by atoms with Gasteiger partial charge in [0.25, 0.3) is 0 Å². The van der Waals surface area contributed by atoms with E-state index in [0.717, 1.165) is 17.0 Å². The first kappa shape index (κ1) is 17.8. The van der Waals surface area contributed by atoms with Crippen LogP contribution in [0.1, 0.15) is 29.9 Å². The Kier molecular flexibility index (Phi) is 5.14. The first-order chi connectivity index (χ1) is 12.5. The Balaban J connectivity index is 1.68. The van der Waals surface area contributed by atoms with Crippen LogP contribution in [0.4, 0.5) is 5.69 Å². The molecule has 3 N–H and O–H groups in total. The predicted molar refractivity (Wildman–Crippen MR) is 102 cm³/mol. The SMILES string of the molecule is Cc1cc(C)n(-c2ccc(NC(=O)C(C)C(N)c3ccccc3)cn2)n1. The van der Waals surface area contributed by atoms with Gasteiger partial charge in [-0.1, -0.05) is 37.3 Å². The summed E-state index contributed by atoms with van der Waals surface area (Å²) in [6.45, 7) is 5.74. The van der Waals surface area contributed by atoms with Gasteiger partial charge in [-0.3, -0.25) is 4.79 Å². The molecule has 6 nitrogen and oxygen atoms in total. The molecule has 0 saturated heterocycles. The van der Waals surface area contributed by atoms with Gasteiger partial charge in [-0.15, -0.1) is 0 Å². The fraction of sp³-hybridized carbons (Fsp3) is 0.250. The maximum Gasteiger partial charge on any atom is 0.229 e. The summed E-state index contributed by atoms with van der Waals surface area (Å²) >= 11 is 0. The molecule has 0 aliphatic rings. The van der Waals surface area contributed by atoms with Gasteiger partial charge in [0.15, 0.2) is 5.82 Å². The summed E-state index contributed by atoms with van der Waals surface area (Å²) in [4.78, 5) is 16.9. The lowest BCUT2D eigenvalue weighted by Crippen LogP contribution is -2.30. The van der Waals surface area contributed by atoms with Crippen molar-refractivity contribution in [3.8, 4) is 5.82 Å². The largest absolute Gasteiger partial charge is 0.324 e. The van der Waals surface area contributed by atoms with Gasteiger partial charge in [-0.05, 0) is 37.6 Å².